The van der Waals surface area contributed by atoms with Gasteiger partial charge < -0.3 is 4.74 Å². The van der Waals surface area contributed by atoms with Crippen molar-refractivity contribution in [2.24, 2.45) is 0 Å². The quantitative estimate of drug-likeness (QED) is 0.742. The lowest BCUT2D eigenvalue weighted by atomic mass is 10.1. The highest BCUT2D eigenvalue weighted by atomic mass is 32.1. The van der Waals surface area contributed by atoms with Gasteiger partial charge in [-0.1, -0.05) is 20.8 Å². The molecule has 0 N–H and O–H groups in total. The molecule has 0 aliphatic carbocycles. The van der Waals surface area contributed by atoms with E-state index in [1.54, 1.807) is 11.3 Å². The van der Waals surface area contributed by atoms with Crippen molar-refractivity contribution in [2.45, 2.75) is 46.0 Å². The molecule has 0 bridgehead atoms. The van der Waals surface area contributed by atoms with Crippen LogP contribution in [0.1, 0.15) is 55.8 Å². The van der Waals surface area contributed by atoms with Crippen LogP contribution in [-0.2, 0) is 9.53 Å². The standard InChI is InChI=1S/C12H19NO2S/c1-5-15-11(14)6-9(4)12-13-7-10(16-12)8(2)3/h7-9H,5-6H2,1-4H3. The highest BCUT2D eigenvalue weighted by molar-refractivity contribution is 7.11. The van der Waals surface area contributed by atoms with E-state index in [2.05, 4.69) is 18.8 Å². The molecule has 0 amide bonds. The smallest absolute Gasteiger partial charge is 0.306 e. The lowest BCUT2D eigenvalue weighted by Crippen LogP contribution is -2.08. The Morgan fingerprint density at radius 3 is 2.69 bits per heavy atom. The van der Waals surface area contributed by atoms with Gasteiger partial charge in [-0.2, -0.15) is 0 Å². The number of hydrogen-bond acceptors (Lipinski definition) is 4. The number of carbonyl (C=O) groups excluding carboxylic acids is 1. The molecule has 1 heterocycles. The van der Waals surface area contributed by atoms with Crippen LogP contribution in [0.2, 0.25) is 0 Å². The summed E-state index contributed by atoms with van der Waals surface area (Å²) in [5, 5.41) is 1.02. The average Bonchev–Trinajstić information content (AvgIpc) is 2.66. The number of aromatic nitrogens is 1. The molecule has 1 rings (SSSR count). The molecule has 0 saturated heterocycles. The number of rotatable bonds is 5. The summed E-state index contributed by atoms with van der Waals surface area (Å²) in [7, 11) is 0. The first kappa shape index (κ1) is 13.2. The molecule has 0 fully saturated rings. The lowest BCUT2D eigenvalue weighted by Gasteiger charge is -2.07. The highest BCUT2D eigenvalue weighted by Gasteiger charge is 2.16. The number of ether oxygens (including phenoxy) is 1. The number of carbonyl (C=O) groups is 1. The van der Waals surface area contributed by atoms with Crippen molar-refractivity contribution in [1.82, 2.24) is 4.98 Å². The maximum absolute atomic E-state index is 11.3. The van der Waals surface area contributed by atoms with E-state index in [0.717, 1.165) is 5.01 Å². The Balaban J connectivity index is 2.58. The van der Waals surface area contributed by atoms with Gasteiger partial charge in [0.2, 0.25) is 0 Å². The van der Waals surface area contributed by atoms with Crippen LogP contribution in [0.5, 0.6) is 0 Å². The third-order valence-electron chi connectivity index (χ3n) is 2.31. The van der Waals surface area contributed by atoms with Gasteiger partial charge in [-0.3, -0.25) is 4.79 Å². The maximum Gasteiger partial charge on any atom is 0.306 e. The molecule has 3 nitrogen and oxygen atoms in total. The fraction of sp³-hybridized carbons (Fsp3) is 0.667. The third kappa shape index (κ3) is 3.59. The molecule has 0 aliphatic heterocycles. The van der Waals surface area contributed by atoms with Crippen molar-refractivity contribution in [3.05, 3.63) is 16.1 Å². The lowest BCUT2D eigenvalue weighted by molar-refractivity contribution is -0.143. The summed E-state index contributed by atoms with van der Waals surface area (Å²) < 4.78 is 4.93. The molecule has 1 aromatic rings. The fourth-order valence-electron chi connectivity index (χ4n) is 1.35. The van der Waals surface area contributed by atoms with Crippen LogP contribution in [-0.4, -0.2) is 17.6 Å². The van der Waals surface area contributed by atoms with Crippen molar-refractivity contribution in [3.63, 3.8) is 0 Å². The van der Waals surface area contributed by atoms with Crippen molar-refractivity contribution >= 4 is 17.3 Å². The van der Waals surface area contributed by atoms with Crippen molar-refractivity contribution < 1.29 is 9.53 Å². The summed E-state index contributed by atoms with van der Waals surface area (Å²) in [5.41, 5.74) is 0. The molecule has 1 atom stereocenters. The molecule has 4 heteroatoms. The fourth-order valence-corrected chi connectivity index (χ4v) is 2.33. The van der Waals surface area contributed by atoms with Crippen molar-refractivity contribution in [3.8, 4) is 0 Å². The second-order valence-corrected chi connectivity index (χ2v) is 5.26. The summed E-state index contributed by atoms with van der Waals surface area (Å²) in [6.07, 6.45) is 2.32. The molecule has 16 heavy (non-hydrogen) atoms. The molecular weight excluding hydrogens is 222 g/mol. The Labute approximate surface area is 101 Å². The first-order valence-corrected chi connectivity index (χ1v) is 6.47. The molecule has 0 aliphatic rings. The second kappa shape index (κ2) is 5.99. The minimum Gasteiger partial charge on any atom is -0.466 e. The van der Waals surface area contributed by atoms with Gasteiger partial charge in [0, 0.05) is 17.0 Å². The predicted octanol–water partition coefficient (Wildman–Crippen LogP) is 3.32. The van der Waals surface area contributed by atoms with E-state index in [1.165, 1.54) is 4.88 Å². The summed E-state index contributed by atoms with van der Waals surface area (Å²) in [4.78, 5) is 17.0. The minimum absolute atomic E-state index is 0.142. The topological polar surface area (TPSA) is 39.2 Å². The second-order valence-electron chi connectivity index (χ2n) is 4.17. The largest absolute Gasteiger partial charge is 0.466 e. The Hall–Kier alpha value is -0.900. The van der Waals surface area contributed by atoms with E-state index >= 15 is 0 Å². The van der Waals surface area contributed by atoms with Gasteiger partial charge >= 0.3 is 5.97 Å². The molecule has 0 aromatic carbocycles. The van der Waals surface area contributed by atoms with Crippen LogP contribution in [0.4, 0.5) is 0 Å². The predicted molar refractivity (Wildman–Crippen MR) is 65.9 cm³/mol. The Bertz CT molecular complexity index is 347. The maximum atomic E-state index is 11.3. The molecular formula is C12H19NO2S. The van der Waals surface area contributed by atoms with Crippen LogP contribution < -0.4 is 0 Å². The van der Waals surface area contributed by atoms with Crippen LogP contribution in [0.25, 0.3) is 0 Å². The highest BCUT2D eigenvalue weighted by Crippen LogP contribution is 2.28. The first-order chi connectivity index (χ1) is 7.54. The Morgan fingerprint density at radius 1 is 1.50 bits per heavy atom. The monoisotopic (exact) mass is 241 g/mol. The van der Waals surface area contributed by atoms with Crippen LogP contribution in [0.15, 0.2) is 6.20 Å². The van der Waals surface area contributed by atoms with Crippen LogP contribution in [0, 0.1) is 0 Å². The zero-order valence-corrected chi connectivity index (χ0v) is 11.1. The zero-order chi connectivity index (χ0) is 12.1. The van der Waals surface area contributed by atoms with Crippen molar-refractivity contribution in [2.75, 3.05) is 6.61 Å². The van der Waals surface area contributed by atoms with Gasteiger partial charge in [0.1, 0.15) is 0 Å². The summed E-state index contributed by atoms with van der Waals surface area (Å²) in [6.45, 7) is 8.57. The van der Waals surface area contributed by atoms with E-state index in [4.69, 9.17) is 4.74 Å². The van der Waals surface area contributed by atoms with Gasteiger partial charge in [-0.05, 0) is 12.8 Å². The summed E-state index contributed by atoms with van der Waals surface area (Å²) in [5.74, 6) is 0.508. The third-order valence-corrected chi connectivity index (χ3v) is 3.84. The molecule has 0 spiro atoms. The van der Waals surface area contributed by atoms with Crippen LogP contribution in [0.3, 0.4) is 0 Å². The van der Waals surface area contributed by atoms with Gasteiger partial charge in [0.15, 0.2) is 0 Å². The van der Waals surface area contributed by atoms with E-state index in [-0.39, 0.29) is 11.9 Å². The summed E-state index contributed by atoms with van der Waals surface area (Å²) in [6, 6.07) is 0. The van der Waals surface area contributed by atoms with E-state index in [9.17, 15) is 4.79 Å². The normalized spacial score (nSPS) is 12.8. The van der Waals surface area contributed by atoms with E-state index < -0.39 is 0 Å². The number of thiazole rings is 1. The van der Waals surface area contributed by atoms with E-state index in [0.29, 0.717) is 18.9 Å². The molecule has 0 radical (unpaired) electrons. The molecule has 1 aromatic heterocycles. The molecule has 90 valence electrons. The van der Waals surface area contributed by atoms with E-state index in [1.807, 2.05) is 20.0 Å². The zero-order valence-electron chi connectivity index (χ0n) is 10.3. The van der Waals surface area contributed by atoms with Gasteiger partial charge in [-0.15, -0.1) is 11.3 Å². The first-order valence-electron chi connectivity index (χ1n) is 5.65. The molecule has 0 saturated carbocycles. The Kier molecular flexibility index (Phi) is 4.93. The average molecular weight is 241 g/mol. The Morgan fingerprint density at radius 2 is 2.19 bits per heavy atom. The minimum atomic E-state index is -0.142. The van der Waals surface area contributed by atoms with Crippen LogP contribution >= 0.6 is 11.3 Å². The van der Waals surface area contributed by atoms with Crippen molar-refractivity contribution in [1.29, 1.82) is 0 Å². The summed E-state index contributed by atoms with van der Waals surface area (Å²) >= 11 is 1.69. The van der Waals surface area contributed by atoms with Gasteiger partial charge in [0.25, 0.3) is 0 Å². The van der Waals surface area contributed by atoms with Gasteiger partial charge in [-0.25, -0.2) is 4.98 Å². The molecule has 1 unspecified atom stereocenters. The SMILES string of the molecule is CCOC(=O)CC(C)c1ncc(C(C)C)s1. The number of nitrogens with zero attached hydrogens (tertiary/aromatic N) is 1. The number of hydrogen-bond donors (Lipinski definition) is 0. The van der Waals surface area contributed by atoms with Gasteiger partial charge in [0.05, 0.1) is 18.0 Å². The number of esters is 1.